The molecule has 44 valence electrons. The second kappa shape index (κ2) is 4.82. The van der Waals surface area contributed by atoms with Gasteiger partial charge in [-0.2, -0.15) is 0 Å². The summed E-state index contributed by atoms with van der Waals surface area (Å²) in [5, 5.41) is 2.62. The van der Waals surface area contributed by atoms with Crippen molar-refractivity contribution in [3.63, 3.8) is 0 Å². The van der Waals surface area contributed by atoms with E-state index < -0.39 is 0 Å². The number of carbonyl (C=O) groups excluding carboxylic acids is 1. The second-order valence-corrected chi connectivity index (χ2v) is 2.29. The summed E-state index contributed by atoms with van der Waals surface area (Å²) in [5.41, 5.74) is 0. The monoisotopic (exact) mass is 128 g/mol. The number of hydrogen-bond acceptors (Lipinski definition) is 2. The molecule has 0 aromatic carbocycles. The van der Waals surface area contributed by atoms with Gasteiger partial charge in [-0.05, 0) is 0 Å². The van der Waals surface area contributed by atoms with E-state index in [2.05, 4.69) is 10.3 Å². The number of rotatable bonds is 2. The molecule has 4 heteroatoms. The number of nitrogens with one attached hydrogen (secondary N) is 1. The summed E-state index contributed by atoms with van der Waals surface area (Å²) in [6.07, 6.45) is 1.66. The topological polar surface area (TPSA) is 41.5 Å². The van der Waals surface area contributed by atoms with Crippen molar-refractivity contribution < 1.29 is 4.79 Å². The first-order chi connectivity index (χ1) is 3.77. The predicted octanol–water partition coefficient (Wildman–Crippen LogP) is -0.970. The summed E-state index contributed by atoms with van der Waals surface area (Å²) in [6, 6.07) is 0. The smallest absolute Gasteiger partial charge is 0.354 e. The molecule has 0 aromatic heterocycles. The highest BCUT2D eigenvalue weighted by Gasteiger charge is 1.82. The third-order valence-electron chi connectivity index (χ3n) is 0.625. The molecule has 1 N–H and O–H groups in total. The van der Waals surface area contributed by atoms with Gasteiger partial charge in [0, 0.05) is 13.3 Å². The Hall–Kier alpha value is -0.328. The molecule has 0 aliphatic carbocycles. The first kappa shape index (κ1) is 7.67. The van der Waals surface area contributed by atoms with E-state index in [-0.39, 0.29) is 4.77 Å². The molecule has 8 heavy (non-hydrogen) atoms. The van der Waals surface area contributed by atoms with Crippen LogP contribution in [0.3, 0.4) is 0 Å². The largest absolute Gasteiger partial charge is 0.368 e. The van der Waals surface area contributed by atoms with Gasteiger partial charge < -0.3 is 5.32 Å². The highest BCUT2D eigenvalue weighted by atomic mass is 27.0. The van der Waals surface area contributed by atoms with Crippen LogP contribution >= 0.6 is 0 Å². The molecule has 3 nitrogen and oxygen atoms in total. The van der Waals surface area contributed by atoms with Gasteiger partial charge in [0.05, 0.1) is 6.54 Å². The van der Waals surface area contributed by atoms with E-state index in [1.165, 1.54) is 0 Å². The first-order valence-electron chi connectivity index (χ1n) is 2.42. The van der Waals surface area contributed by atoms with Crippen LogP contribution in [0.2, 0.25) is 0 Å². The Balaban J connectivity index is 3.05. The minimum atomic E-state index is 0.116. The van der Waals surface area contributed by atoms with Crippen LogP contribution in [0.1, 0.15) is 0 Å². The Morgan fingerprint density at radius 1 is 2.00 bits per heavy atom. The van der Waals surface area contributed by atoms with Gasteiger partial charge in [0.1, 0.15) is 4.77 Å². The zero-order valence-corrected chi connectivity index (χ0v) is 7.14. The van der Waals surface area contributed by atoms with Gasteiger partial charge in [0.15, 0.2) is 0 Å². The number of aliphatic imine (C=N–C) groups is 1. The summed E-state index contributed by atoms with van der Waals surface area (Å²) in [5.74, 6) is 0. The van der Waals surface area contributed by atoms with Crippen LogP contribution in [0.5, 0.6) is 0 Å². The minimum absolute atomic E-state index is 0.116. The van der Waals surface area contributed by atoms with Crippen molar-refractivity contribution in [2.75, 3.05) is 13.6 Å². The number of carbonyl (C=O) groups is 1. The number of amides is 1. The molecule has 0 unspecified atom stereocenters. The van der Waals surface area contributed by atoms with Crippen molar-refractivity contribution in [3.8, 4) is 0 Å². The predicted molar refractivity (Wildman–Crippen MR) is 36.4 cm³/mol. The van der Waals surface area contributed by atoms with E-state index in [0.29, 0.717) is 22.8 Å². The lowest BCUT2D eigenvalue weighted by atomic mass is 10.7. The van der Waals surface area contributed by atoms with Crippen LogP contribution in [0.25, 0.3) is 0 Å². The molecule has 0 radical (unpaired) electrons. The highest BCUT2D eigenvalue weighted by Crippen LogP contribution is 1.56. The van der Waals surface area contributed by atoms with Crippen molar-refractivity contribution in [1.82, 2.24) is 5.32 Å². The third-order valence-corrected chi connectivity index (χ3v) is 0.978. The van der Waals surface area contributed by atoms with Gasteiger partial charge in [0.2, 0.25) is 0 Å². The lowest BCUT2D eigenvalue weighted by Gasteiger charge is -1.92. The van der Waals surface area contributed by atoms with Crippen LogP contribution in [-0.4, -0.2) is 40.9 Å². The molecule has 0 saturated carbocycles. The molecule has 0 aliphatic rings. The van der Waals surface area contributed by atoms with Gasteiger partial charge in [-0.3, -0.25) is 9.79 Å². The molecule has 0 fully saturated rings. The number of hydrogen-bond donors (Lipinski definition) is 1. The van der Waals surface area contributed by atoms with Crippen LogP contribution in [0.15, 0.2) is 4.99 Å². The highest BCUT2D eigenvalue weighted by molar-refractivity contribution is 6.57. The Kier molecular flexibility index (Phi) is 4.62. The first-order valence-corrected chi connectivity index (χ1v) is 3.42. The molecule has 0 aromatic rings. The Morgan fingerprint density at radius 3 is 3.00 bits per heavy atom. The lowest BCUT2D eigenvalue weighted by molar-refractivity contribution is 0.261. The normalized spacial score (nSPS) is 9.62. The SMILES string of the molecule is CN=CCN[C](=O)[AlH2]. The Labute approximate surface area is 56.6 Å². The molecule has 0 rings (SSSR count). The summed E-state index contributed by atoms with van der Waals surface area (Å²) in [4.78, 5) is 13.9. The fourth-order valence-electron chi connectivity index (χ4n) is 0.281. The van der Waals surface area contributed by atoms with Crippen molar-refractivity contribution in [3.05, 3.63) is 0 Å². The minimum Gasteiger partial charge on any atom is -0.368 e. The van der Waals surface area contributed by atoms with E-state index >= 15 is 0 Å². The molecular formula is C4H9AlN2O. The Morgan fingerprint density at radius 2 is 2.62 bits per heavy atom. The third kappa shape index (κ3) is 5.67. The van der Waals surface area contributed by atoms with Crippen molar-refractivity contribution in [1.29, 1.82) is 0 Å². The molecule has 0 atom stereocenters. The van der Waals surface area contributed by atoms with Gasteiger partial charge >= 0.3 is 16.3 Å². The van der Waals surface area contributed by atoms with Crippen LogP contribution in [0.4, 0.5) is 4.79 Å². The van der Waals surface area contributed by atoms with Gasteiger partial charge in [-0.1, -0.05) is 0 Å². The average Bonchev–Trinajstić information content (AvgIpc) is 1.66. The maximum atomic E-state index is 10.2. The van der Waals surface area contributed by atoms with Gasteiger partial charge in [0.25, 0.3) is 0 Å². The van der Waals surface area contributed by atoms with E-state index in [4.69, 9.17) is 0 Å². The molecular weight excluding hydrogens is 119 g/mol. The molecule has 0 heterocycles. The van der Waals surface area contributed by atoms with Crippen LogP contribution in [0, 0.1) is 0 Å². The molecule has 0 saturated heterocycles. The van der Waals surface area contributed by atoms with Crippen molar-refractivity contribution in [2.45, 2.75) is 0 Å². The van der Waals surface area contributed by atoms with Crippen LogP contribution in [-0.2, 0) is 0 Å². The lowest BCUT2D eigenvalue weighted by Crippen LogP contribution is -2.23. The second-order valence-electron chi connectivity index (χ2n) is 1.38. The van der Waals surface area contributed by atoms with Gasteiger partial charge in [-0.15, -0.1) is 0 Å². The molecule has 0 bridgehead atoms. The summed E-state index contributed by atoms with van der Waals surface area (Å²) in [7, 11) is 1.68. The van der Waals surface area contributed by atoms with E-state index in [1.807, 2.05) is 0 Å². The maximum absolute atomic E-state index is 10.2. The maximum Gasteiger partial charge on any atom is 0.354 e. The van der Waals surface area contributed by atoms with Crippen molar-refractivity contribution >= 4 is 27.3 Å². The fraction of sp³-hybridized carbons (Fsp3) is 0.500. The summed E-state index contributed by atoms with van der Waals surface area (Å²) >= 11 is 0.574. The zero-order valence-electron chi connectivity index (χ0n) is 5.14. The quantitative estimate of drug-likeness (QED) is 0.377. The summed E-state index contributed by atoms with van der Waals surface area (Å²) < 4.78 is 0.116. The fourth-order valence-corrected chi connectivity index (χ4v) is 0.485. The van der Waals surface area contributed by atoms with Crippen LogP contribution < -0.4 is 5.32 Å². The van der Waals surface area contributed by atoms with E-state index in [0.717, 1.165) is 0 Å². The standard InChI is InChI=1S/C4H7N2O.Al.2H/c1-5-2-3-6-4-7;;;/h2H,3H2,1H3,(H,6,7);;;. The van der Waals surface area contributed by atoms with Gasteiger partial charge in [-0.25, -0.2) is 0 Å². The zero-order chi connectivity index (χ0) is 6.41. The van der Waals surface area contributed by atoms with E-state index in [9.17, 15) is 4.79 Å². The van der Waals surface area contributed by atoms with E-state index in [1.54, 1.807) is 13.3 Å². The average molecular weight is 128 g/mol. The molecule has 1 amide bonds. The molecule has 0 aliphatic heterocycles. The summed E-state index contributed by atoms with van der Waals surface area (Å²) in [6.45, 7) is 0.568. The Bertz CT molecular complexity index is 102. The number of nitrogens with zero attached hydrogens (tertiary/aromatic N) is 1. The van der Waals surface area contributed by atoms with Crippen molar-refractivity contribution in [2.24, 2.45) is 4.99 Å². The molecule has 0 spiro atoms.